The van der Waals surface area contributed by atoms with Crippen LogP contribution in [0.15, 0.2) is 22.5 Å². The van der Waals surface area contributed by atoms with Crippen molar-refractivity contribution in [2.24, 2.45) is 16.5 Å². The first-order valence-corrected chi connectivity index (χ1v) is 7.50. The number of fused-ring (bicyclic) bond motifs is 1. The molecule has 122 valence electrons. The molecule has 1 aliphatic rings. The fraction of sp³-hybridized carbons (Fsp3) is 0.154. The predicted molar refractivity (Wildman–Crippen MR) is 97.3 cm³/mol. The van der Waals surface area contributed by atoms with Crippen molar-refractivity contribution in [3.63, 3.8) is 0 Å². The van der Waals surface area contributed by atoms with Crippen LogP contribution >= 0.6 is 39.9 Å². The van der Waals surface area contributed by atoms with Crippen LogP contribution in [-0.4, -0.2) is 30.5 Å². The number of carbonyl (C=O) groups is 1. The van der Waals surface area contributed by atoms with Crippen molar-refractivity contribution in [1.29, 1.82) is 0 Å². The Labute approximate surface area is 151 Å². The third kappa shape index (κ3) is 3.41. The van der Waals surface area contributed by atoms with E-state index in [4.69, 9.17) is 27.8 Å². The van der Waals surface area contributed by atoms with E-state index in [-0.39, 0.29) is 35.5 Å². The molecule has 0 bridgehead atoms. The number of rotatable bonds is 2. The number of benzene rings is 1. The van der Waals surface area contributed by atoms with Gasteiger partial charge in [-0.2, -0.15) is 4.99 Å². The van der Waals surface area contributed by atoms with Crippen LogP contribution < -0.4 is 21.1 Å². The van der Waals surface area contributed by atoms with Crippen LogP contribution in [0.3, 0.4) is 0 Å². The zero-order valence-corrected chi connectivity index (χ0v) is 15.2. The minimum Gasteiger partial charge on any atom is -0.481 e. The number of ether oxygens (including phenoxy) is 1. The minimum absolute atomic E-state index is 0. The molecule has 1 aromatic heterocycles. The van der Waals surface area contributed by atoms with Gasteiger partial charge in [-0.3, -0.25) is 4.79 Å². The molecule has 2 aromatic rings. The van der Waals surface area contributed by atoms with E-state index in [1.54, 1.807) is 24.6 Å². The molecule has 7 nitrogen and oxygen atoms in total. The summed E-state index contributed by atoms with van der Waals surface area (Å²) in [7, 11) is 1.68. The van der Waals surface area contributed by atoms with E-state index in [0.29, 0.717) is 32.8 Å². The van der Waals surface area contributed by atoms with Crippen LogP contribution in [0, 0.1) is 0 Å². The first-order valence-electron chi connectivity index (χ1n) is 6.24. The molecule has 23 heavy (non-hydrogen) atoms. The lowest BCUT2D eigenvalue weighted by Gasteiger charge is -2.27. The van der Waals surface area contributed by atoms with Crippen LogP contribution in [-0.2, 0) is 4.79 Å². The van der Waals surface area contributed by atoms with Gasteiger partial charge in [0.1, 0.15) is 0 Å². The third-order valence-corrected chi connectivity index (χ3v) is 4.06. The number of aliphatic imine (C=N–C) groups is 1. The van der Waals surface area contributed by atoms with Gasteiger partial charge in [-0.25, -0.2) is 4.98 Å². The Morgan fingerprint density at radius 2 is 2.22 bits per heavy atom. The van der Waals surface area contributed by atoms with Gasteiger partial charge in [-0.15, -0.1) is 28.3 Å². The van der Waals surface area contributed by atoms with Crippen molar-refractivity contribution >= 4 is 62.6 Å². The summed E-state index contributed by atoms with van der Waals surface area (Å²) >= 11 is 7.44. The van der Waals surface area contributed by atoms with E-state index in [9.17, 15) is 4.79 Å². The smallest absolute Gasteiger partial charge is 0.264 e. The molecule has 10 heteroatoms. The summed E-state index contributed by atoms with van der Waals surface area (Å²) in [5, 5.41) is 2.72. The Hall–Kier alpha value is -1.84. The summed E-state index contributed by atoms with van der Waals surface area (Å²) < 4.78 is 5.57. The Bertz CT molecular complexity index is 791. The SMILES string of the molecule is Br.CN1C(=O)COc2c(-c3csc(N=C(N)N)n3)cc(Cl)cc21. The number of hydrogen-bond acceptors (Lipinski definition) is 5. The standard InChI is InChI=1S/C13H12ClN5O2S.BrH/c1-19-9-3-6(14)2-7(11(9)21-4-10(19)20)8-5-22-13(17-8)18-12(15)16;/h2-3,5H,4H2,1H3,(H4,15,16,17,18);1H. The highest BCUT2D eigenvalue weighted by Crippen LogP contribution is 2.43. The Morgan fingerprint density at radius 1 is 1.48 bits per heavy atom. The topological polar surface area (TPSA) is 107 Å². The number of carbonyl (C=O) groups excluding carboxylic acids is 1. The molecule has 0 unspecified atom stereocenters. The molecular weight excluding hydrogens is 406 g/mol. The molecule has 0 fully saturated rings. The van der Waals surface area contributed by atoms with Crippen LogP contribution in [0.2, 0.25) is 5.02 Å². The lowest BCUT2D eigenvalue weighted by molar-refractivity contribution is -0.120. The highest BCUT2D eigenvalue weighted by Gasteiger charge is 2.26. The Balaban J connectivity index is 0.00000192. The number of thiazole rings is 1. The molecule has 2 heterocycles. The van der Waals surface area contributed by atoms with Crippen LogP contribution in [0.1, 0.15) is 0 Å². The lowest BCUT2D eigenvalue weighted by atomic mass is 10.1. The number of likely N-dealkylation sites (N-methyl/N-ethyl adjacent to an activating group) is 1. The first-order chi connectivity index (χ1) is 10.5. The molecular formula is C13H13BrClN5O2S. The molecule has 0 aliphatic carbocycles. The molecule has 0 atom stereocenters. The largest absolute Gasteiger partial charge is 0.481 e. The number of anilines is 1. The highest BCUT2D eigenvalue weighted by atomic mass is 79.9. The zero-order chi connectivity index (χ0) is 15.9. The second-order valence-electron chi connectivity index (χ2n) is 4.60. The van der Waals surface area contributed by atoms with E-state index in [1.165, 1.54) is 16.2 Å². The zero-order valence-electron chi connectivity index (χ0n) is 11.9. The maximum atomic E-state index is 11.7. The Kier molecular flexibility index (Phi) is 5.12. The number of halogens is 2. The summed E-state index contributed by atoms with van der Waals surface area (Å²) in [4.78, 5) is 21.5. The number of nitrogens with zero attached hydrogens (tertiary/aromatic N) is 3. The molecule has 1 aliphatic heterocycles. The summed E-state index contributed by atoms with van der Waals surface area (Å²) in [6, 6.07) is 3.42. The van der Waals surface area contributed by atoms with Gasteiger partial charge in [0, 0.05) is 23.0 Å². The van der Waals surface area contributed by atoms with Gasteiger partial charge in [0.05, 0.1) is 11.4 Å². The van der Waals surface area contributed by atoms with Gasteiger partial charge in [-0.05, 0) is 12.1 Å². The molecule has 1 aromatic carbocycles. The second kappa shape index (κ2) is 6.73. The van der Waals surface area contributed by atoms with Crippen LogP contribution in [0.4, 0.5) is 10.8 Å². The van der Waals surface area contributed by atoms with Crippen molar-refractivity contribution in [2.75, 3.05) is 18.6 Å². The minimum atomic E-state index is -0.139. The molecule has 3 rings (SSSR count). The number of hydrogen-bond donors (Lipinski definition) is 2. The number of aromatic nitrogens is 1. The first kappa shape index (κ1) is 17.5. The monoisotopic (exact) mass is 417 g/mol. The molecule has 0 saturated carbocycles. The van der Waals surface area contributed by atoms with E-state index in [1.807, 2.05) is 0 Å². The predicted octanol–water partition coefficient (Wildman–Crippen LogP) is 2.30. The van der Waals surface area contributed by atoms with Crippen LogP contribution in [0.25, 0.3) is 11.3 Å². The van der Waals surface area contributed by atoms with E-state index in [2.05, 4.69) is 9.98 Å². The van der Waals surface area contributed by atoms with Gasteiger partial charge in [0.25, 0.3) is 5.91 Å². The van der Waals surface area contributed by atoms with Crippen molar-refractivity contribution in [1.82, 2.24) is 4.98 Å². The van der Waals surface area contributed by atoms with Crippen molar-refractivity contribution in [2.45, 2.75) is 0 Å². The van der Waals surface area contributed by atoms with Gasteiger partial charge in [0.15, 0.2) is 18.3 Å². The van der Waals surface area contributed by atoms with E-state index >= 15 is 0 Å². The lowest BCUT2D eigenvalue weighted by Crippen LogP contribution is -2.35. The maximum Gasteiger partial charge on any atom is 0.264 e. The van der Waals surface area contributed by atoms with E-state index in [0.717, 1.165) is 0 Å². The maximum absolute atomic E-state index is 11.7. The van der Waals surface area contributed by atoms with Gasteiger partial charge in [-0.1, -0.05) is 11.6 Å². The summed E-state index contributed by atoms with van der Waals surface area (Å²) in [5.41, 5.74) is 12.6. The quantitative estimate of drug-likeness (QED) is 0.575. The van der Waals surface area contributed by atoms with Crippen molar-refractivity contribution < 1.29 is 9.53 Å². The van der Waals surface area contributed by atoms with Gasteiger partial charge >= 0.3 is 0 Å². The number of nitrogens with two attached hydrogens (primary N) is 2. The normalized spacial score (nSPS) is 13.0. The van der Waals surface area contributed by atoms with Gasteiger partial charge < -0.3 is 21.1 Å². The summed E-state index contributed by atoms with van der Waals surface area (Å²) in [5.74, 6) is 0.365. The molecule has 4 N–H and O–H groups in total. The molecule has 1 amide bonds. The fourth-order valence-corrected chi connectivity index (χ4v) is 3.00. The fourth-order valence-electron chi connectivity index (χ4n) is 2.09. The highest BCUT2D eigenvalue weighted by molar-refractivity contribution is 8.93. The van der Waals surface area contributed by atoms with Crippen molar-refractivity contribution in [3.05, 3.63) is 22.5 Å². The third-order valence-electron chi connectivity index (χ3n) is 3.10. The summed E-state index contributed by atoms with van der Waals surface area (Å²) in [6.07, 6.45) is 0. The van der Waals surface area contributed by atoms with Crippen LogP contribution in [0.5, 0.6) is 5.75 Å². The van der Waals surface area contributed by atoms with Gasteiger partial charge in [0.2, 0.25) is 5.13 Å². The molecule has 0 radical (unpaired) electrons. The summed E-state index contributed by atoms with van der Waals surface area (Å²) in [6.45, 7) is -0.0248. The van der Waals surface area contributed by atoms with E-state index < -0.39 is 0 Å². The second-order valence-corrected chi connectivity index (χ2v) is 5.87. The molecule has 0 spiro atoms. The number of guanidine groups is 1. The average molecular weight is 419 g/mol. The number of amides is 1. The average Bonchev–Trinajstić information content (AvgIpc) is 2.90. The van der Waals surface area contributed by atoms with Crippen molar-refractivity contribution in [3.8, 4) is 17.0 Å². The Morgan fingerprint density at radius 3 is 2.91 bits per heavy atom. The molecule has 0 saturated heterocycles.